The third-order valence-corrected chi connectivity index (χ3v) is 6.21. The zero-order valence-corrected chi connectivity index (χ0v) is 19.7. The smallest absolute Gasteiger partial charge is 0.282 e. The molecule has 0 unspecified atom stereocenters. The lowest BCUT2D eigenvalue weighted by Gasteiger charge is -2.14. The number of ether oxygens (including phenoxy) is 2. The topological polar surface area (TPSA) is 65.7 Å². The number of hydrogen-bond acceptors (Lipinski definition) is 5. The van der Waals surface area contributed by atoms with Gasteiger partial charge in [-0.05, 0) is 41.1 Å². The molecule has 6 nitrogen and oxygen atoms in total. The van der Waals surface area contributed by atoms with Crippen molar-refractivity contribution in [2.24, 2.45) is 5.10 Å². The number of hydrogen-bond donors (Lipinski definition) is 0. The van der Waals surface area contributed by atoms with Gasteiger partial charge in [0.1, 0.15) is 5.02 Å². The van der Waals surface area contributed by atoms with Crippen LogP contribution in [-0.4, -0.2) is 29.6 Å². The Balaban J connectivity index is 1.91. The fourth-order valence-corrected chi connectivity index (χ4v) is 3.91. The molecule has 32 heavy (non-hydrogen) atoms. The van der Waals surface area contributed by atoms with Crippen molar-refractivity contribution >= 4 is 44.6 Å². The summed E-state index contributed by atoms with van der Waals surface area (Å²) in [6, 6.07) is 18.4. The van der Waals surface area contributed by atoms with E-state index in [1.165, 1.54) is 11.8 Å². The summed E-state index contributed by atoms with van der Waals surface area (Å²) in [6.07, 6.45) is 1.54. The average Bonchev–Trinajstić information content (AvgIpc) is 2.83. The number of rotatable bonds is 6. The molecule has 0 saturated carbocycles. The van der Waals surface area contributed by atoms with Crippen LogP contribution in [0.3, 0.4) is 0 Å². The minimum Gasteiger partial charge on any atom is -0.493 e. The summed E-state index contributed by atoms with van der Waals surface area (Å²) in [4.78, 5) is 18.0. The second-order valence-corrected chi connectivity index (χ2v) is 7.91. The van der Waals surface area contributed by atoms with Crippen LogP contribution < -0.4 is 15.0 Å². The summed E-state index contributed by atoms with van der Waals surface area (Å²) >= 11 is 9.98. The SMILES string of the molecule is CCOc1c(OC)cc(C=Nn2c(-c3ccccc3)nc3ccccc3c2=O)c(Br)c1Cl. The molecule has 0 amide bonds. The van der Waals surface area contributed by atoms with Gasteiger partial charge in [0.2, 0.25) is 0 Å². The standard InChI is InChI=1S/C24H19BrClN3O3/c1-3-32-22-19(31-2)13-16(20(25)21(22)26)14-27-29-23(15-9-5-4-6-10-15)28-18-12-8-7-11-17(18)24(29)30/h4-14H,3H2,1-2H3. The molecule has 0 radical (unpaired) electrons. The predicted molar refractivity (Wildman–Crippen MR) is 131 cm³/mol. The van der Waals surface area contributed by atoms with E-state index in [1.54, 1.807) is 24.4 Å². The summed E-state index contributed by atoms with van der Waals surface area (Å²) < 4.78 is 12.9. The largest absolute Gasteiger partial charge is 0.493 e. The number of halogens is 2. The van der Waals surface area contributed by atoms with Crippen LogP contribution in [0.4, 0.5) is 0 Å². The second-order valence-electron chi connectivity index (χ2n) is 6.74. The Kier molecular flexibility index (Phi) is 6.58. The summed E-state index contributed by atoms with van der Waals surface area (Å²) in [6.45, 7) is 2.30. The van der Waals surface area contributed by atoms with E-state index in [1.807, 2.05) is 49.4 Å². The lowest BCUT2D eigenvalue weighted by Crippen LogP contribution is -2.20. The van der Waals surface area contributed by atoms with Crippen LogP contribution in [0.25, 0.3) is 22.3 Å². The van der Waals surface area contributed by atoms with Gasteiger partial charge in [-0.1, -0.05) is 54.1 Å². The molecule has 1 heterocycles. The molecule has 0 bridgehead atoms. The summed E-state index contributed by atoms with van der Waals surface area (Å²) in [7, 11) is 1.54. The van der Waals surface area contributed by atoms with Gasteiger partial charge in [-0.15, -0.1) is 0 Å². The van der Waals surface area contributed by atoms with Crippen LogP contribution in [0.5, 0.6) is 11.5 Å². The number of fused-ring (bicyclic) bond motifs is 1. The van der Waals surface area contributed by atoms with Crippen molar-refractivity contribution in [2.45, 2.75) is 6.92 Å². The third-order valence-electron chi connectivity index (χ3n) is 4.76. The Morgan fingerprint density at radius 2 is 1.88 bits per heavy atom. The first-order valence-electron chi connectivity index (χ1n) is 9.85. The van der Waals surface area contributed by atoms with E-state index in [9.17, 15) is 4.79 Å². The van der Waals surface area contributed by atoms with Crippen molar-refractivity contribution < 1.29 is 9.47 Å². The number of benzene rings is 3. The average molecular weight is 513 g/mol. The highest BCUT2D eigenvalue weighted by atomic mass is 79.9. The van der Waals surface area contributed by atoms with Gasteiger partial charge in [0.25, 0.3) is 5.56 Å². The monoisotopic (exact) mass is 511 g/mol. The van der Waals surface area contributed by atoms with Crippen molar-refractivity contribution in [1.29, 1.82) is 0 Å². The second kappa shape index (κ2) is 9.54. The molecule has 0 aliphatic rings. The maximum Gasteiger partial charge on any atom is 0.282 e. The van der Waals surface area contributed by atoms with Crippen LogP contribution >= 0.6 is 27.5 Å². The highest BCUT2D eigenvalue weighted by Crippen LogP contribution is 2.42. The third kappa shape index (κ3) is 4.13. The number of aromatic nitrogens is 2. The number of nitrogens with zero attached hydrogens (tertiary/aromatic N) is 3. The fourth-order valence-electron chi connectivity index (χ4n) is 3.25. The van der Waals surface area contributed by atoms with Crippen molar-refractivity contribution in [1.82, 2.24) is 9.66 Å². The molecule has 0 fully saturated rings. The minimum atomic E-state index is -0.272. The van der Waals surface area contributed by atoms with Crippen LogP contribution in [0.2, 0.25) is 5.02 Å². The molecular formula is C24H19BrClN3O3. The van der Waals surface area contributed by atoms with E-state index >= 15 is 0 Å². The van der Waals surface area contributed by atoms with E-state index < -0.39 is 0 Å². The molecule has 8 heteroatoms. The quantitative estimate of drug-likeness (QED) is 0.308. The van der Waals surface area contributed by atoms with Crippen molar-refractivity contribution in [3.8, 4) is 22.9 Å². The first-order valence-corrected chi connectivity index (χ1v) is 11.0. The first kappa shape index (κ1) is 22.0. The molecule has 0 N–H and O–H groups in total. The van der Waals surface area contributed by atoms with E-state index in [0.29, 0.717) is 49.9 Å². The number of methoxy groups -OCH3 is 1. The van der Waals surface area contributed by atoms with Gasteiger partial charge >= 0.3 is 0 Å². The van der Waals surface area contributed by atoms with Gasteiger partial charge in [0, 0.05) is 15.6 Å². The van der Waals surface area contributed by atoms with Gasteiger partial charge in [-0.3, -0.25) is 4.79 Å². The molecule has 0 atom stereocenters. The Hall–Kier alpha value is -3.16. The molecular weight excluding hydrogens is 494 g/mol. The Bertz CT molecular complexity index is 1370. The van der Waals surface area contributed by atoms with E-state index in [2.05, 4.69) is 21.0 Å². The maximum atomic E-state index is 13.3. The Morgan fingerprint density at radius 1 is 1.16 bits per heavy atom. The van der Waals surface area contributed by atoms with Crippen LogP contribution in [-0.2, 0) is 0 Å². The van der Waals surface area contributed by atoms with Crippen LogP contribution in [0.1, 0.15) is 12.5 Å². The maximum absolute atomic E-state index is 13.3. The lowest BCUT2D eigenvalue weighted by molar-refractivity contribution is 0.311. The molecule has 0 saturated heterocycles. The predicted octanol–water partition coefficient (Wildman–Crippen LogP) is 5.77. The van der Waals surface area contributed by atoms with E-state index in [4.69, 9.17) is 26.1 Å². The van der Waals surface area contributed by atoms with Crippen molar-refractivity contribution in [3.05, 3.63) is 86.1 Å². The molecule has 162 valence electrons. The molecule has 1 aromatic heterocycles. The fraction of sp³-hybridized carbons (Fsp3) is 0.125. The highest BCUT2D eigenvalue weighted by Gasteiger charge is 2.17. The summed E-state index contributed by atoms with van der Waals surface area (Å²) in [5, 5.41) is 5.33. The zero-order valence-electron chi connectivity index (χ0n) is 17.4. The molecule has 0 aliphatic heterocycles. The normalized spacial score (nSPS) is 11.2. The lowest BCUT2D eigenvalue weighted by atomic mass is 10.2. The molecule has 0 aliphatic carbocycles. The highest BCUT2D eigenvalue weighted by molar-refractivity contribution is 9.10. The van der Waals surface area contributed by atoms with Gasteiger partial charge in [0.15, 0.2) is 17.3 Å². The Morgan fingerprint density at radius 3 is 2.59 bits per heavy atom. The van der Waals surface area contributed by atoms with E-state index in [0.717, 1.165) is 5.56 Å². The Labute approximate surface area is 198 Å². The van der Waals surface area contributed by atoms with Gasteiger partial charge in [0.05, 0.1) is 30.8 Å². The molecule has 0 spiro atoms. The van der Waals surface area contributed by atoms with Crippen LogP contribution in [0, 0.1) is 0 Å². The minimum absolute atomic E-state index is 0.272. The zero-order chi connectivity index (χ0) is 22.7. The van der Waals surface area contributed by atoms with Crippen molar-refractivity contribution in [3.63, 3.8) is 0 Å². The first-order chi connectivity index (χ1) is 15.5. The number of para-hydroxylation sites is 1. The van der Waals surface area contributed by atoms with Gasteiger partial charge in [-0.25, -0.2) is 4.98 Å². The summed E-state index contributed by atoms with van der Waals surface area (Å²) in [5.74, 6) is 1.34. The van der Waals surface area contributed by atoms with Crippen molar-refractivity contribution in [2.75, 3.05) is 13.7 Å². The summed E-state index contributed by atoms with van der Waals surface area (Å²) in [5.41, 5.74) is 1.73. The van der Waals surface area contributed by atoms with Gasteiger partial charge in [-0.2, -0.15) is 9.78 Å². The van der Waals surface area contributed by atoms with Crippen LogP contribution in [0.15, 0.2) is 75.0 Å². The molecule has 4 rings (SSSR count). The molecule has 3 aromatic carbocycles. The molecule has 4 aromatic rings. The van der Waals surface area contributed by atoms with E-state index in [-0.39, 0.29) is 5.56 Å². The van der Waals surface area contributed by atoms with Gasteiger partial charge < -0.3 is 9.47 Å².